The van der Waals surface area contributed by atoms with Gasteiger partial charge in [-0.25, -0.2) is 0 Å². The fourth-order valence-electron chi connectivity index (χ4n) is 10.3. The van der Waals surface area contributed by atoms with Gasteiger partial charge < -0.3 is 47.4 Å². The Labute approximate surface area is 764 Å². The van der Waals surface area contributed by atoms with Crippen LogP contribution in [0.25, 0.3) is 0 Å². The van der Waals surface area contributed by atoms with Crippen molar-refractivity contribution in [2.75, 3.05) is 6.54 Å². The molecule has 2 aromatic carbocycles. The van der Waals surface area contributed by atoms with Gasteiger partial charge >= 0.3 is 0 Å². The highest BCUT2D eigenvalue weighted by Crippen LogP contribution is 2.29. The van der Waals surface area contributed by atoms with E-state index in [-0.39, 0.29) is 106 Å². The van der Waals surface area contributed by atoms with Crippen LogP contribution in [0.4, 0.5) is 0 Å². The lowest BCUT2D eigenvalue weighted by Gasteiger charge is -2.29. The predicted octanol–water partition coefficient (Wildman–Crippen LogP) is 17.9. The molecule has 0 saturated heterocycles. The second kappa shape index (κ2) is 51.1. The normalized spacial score (nSPS) is 14.4. The molecule has 0 bridgehead atoms. The van der Waals surface area contributed by atoms with Gasteiger partial charge in [-0.15, -0.1) is 0 Å². The molecule has 726 valence electrons. The van der Waals surface area contributed by atoms with Gasteiger partial charge in [0.25, 0.3) is 0 Å². The highest BCUT2D eigenvalue weighted by atomic mass is 16.3. The molecule has 23 nitrogen and oxygen atoms in total. The summed E-state index contributed by atoms with van der Waals surface area (Å²) in [6, 6.07) is 16.2. The van der Waals surface area contributed by atoms with Gasteiger partial charge in [0.1, 0.15) is 12.1 Å². The minimum atomic E-state index is -0.895. The lowest BCUT2D eigenvalue weighted by Crippen LogP contribution is -2.53. The minimum absolute atomic E-state index is 0.0510. The lowest BCUT2D eigenvalue weighted by molar-refractivity contribution is -0.138. The Balaban J connectivity index is -0.000000454. The number of benzene rings is 2. The van der Waals surface area contributed by atoms with Gasteiger partial charge in [-0.2, -0.15) is 0 Å². The number of nitrogens with one attached hydrogen (secondary N) is 7. The number of hydrogen-bond acceptors (Lipinski definition) is 16. The Bertz CT molecular complexity index is 3540. The second-order valence-corrected chi connectivity index (χ2v) is 48.9. The molecule has 0 radical (unpaired) electrons. The molecule has 0 fully saturated rings. The zero-order valence-electron chi connectivity index (χ0n) is 88.2. The van der Waals surface area contributed by atoms with Crippen molar-refractivity contribution in [3.05, 3.63) is 71.8 Å². The van der Waals surface area contributed by atoms with Crippen LogP contribution >= 0.6 is 0 Å². The maximum Gasteiger partial charge on any atom is 0.226 e. The van der Waals surface area contributed by atoms with Crippen LogP contribution in [0, 0.1) is 87.6 Å². The number of aliphatic hydroxyl groups is 2. The van der Waals surface area contributed by atoms with E-state index in [1.54, 1.807) is 83.1 Å². The van der Waals surface area contributed by atoms with Gasteiger partial charge in [0.2, 0.25) is 41.4 Å². The first-order valence-corrected chi connectivity index (χ1v) is 44.9. The van der Waals surface area contributed by atoms with E-state index < -0.39 is 107 Å². The maximum atomic E-state index is 12.6. The Kier molecular flexibility index (Phi) is 51.4. The third-order valence-corrected chi connectivity index (χ3v) is 19.0. The van der Waals surface area contributed by atoms with Crippen LogP contribution in [0.1, 0.15) is 356 Å². The van der Waals surface area contributed by atoms with E-state index in [0.717, 1.165) is 11.1 Å². The molecule has 0 aliphatic carbocycles. The fourth-order valence-corrected chi connectivity index (χ4v) is 10.3. The molecule has 0 spiro atoms. The lowest BCUT2D eigenvalue weighted by atomic mass is 9.83. The van der Waals surface area contributed by atoms with E-state index in [1.165, 1.54) is 13.8 Å². The number of carbonyl (C=O) groups excluding carboxylic acids is 14. The third kappa shape index (κ3) is 54.0. The van der Waals surface area contributed by atoms with E-state index in [0.29, 0.717) is 37.5 Å². The van der Waals surface area contributed by atoms with Crippen LogP contribution in [0.2, 0.25) is 0 Å². The van der Waals surface area contributed by atoms with Gasteiger partial charge in [-0.1, -0.05) is 379 Å². The number of hydrogen-bond donors (Lipinski definition) is 9. The first kappa shape index (κ1) is 127. The number of carbonyl (C=O) groups is 14. The Morgan fingerprint density at radius 2 is 0.421 bits per heavy atom. The van der Waals surface area contributed by atoms with E-state index in [9.17, 15) is 77.3 Å². The number of rotatable bonds is 24. The van der Waals surface area contributed by atoms with Crippen LogP contribution in [0.3, 0.4) is 0 Å². The molecule has 2 unspecified atom stereocenters. The smallest absolute Gasteiger partial charge is 0.226 e. The molecular formula is C103H183N7O16. The van der Waals surface area contributed by atoms with Crippen LogP contribution in [-0.4, -0.2) is 147 Å². The third-order valence-electron chi connectivity index (χ3n) is 19.0. The molecule has 0 aliphatic rings. The fraction of sp³-hybridized carbons (Fsp3) is 0.748. The summed E-state index contributed by atoms with van der Waals surface area (Å²) in [4.78, 5) is 169. The number of ketones is 7. The topological polar surface area (TPSA) is 364 Å². The SMILES string of the molecule is CC(C)(C)C(=O)CNC(=O)C(C)(C)C.CC(C)(C)C(=O)N[C@@H](Cc1ccccc1)C(=O)C(C)(C)C.CC(C)(C)C(=O)N[C@H](Cc1ccccc1)C(=O)C(C)(C)C.CC(C)C[C@@H](NC(=O)C(C)(C)C)C(=O)C(C)(C)C.CC(C)C[C@H](NC(=O)C(C)(C)C)C(=O)C(C)(C)C.CC(O)[C@@H](NC(=O)C(C)(C)C)C(=O)C(C)(C)C.CC(O)[C@H](NC(=O)C(C)(C)C)C(=O)C(C)(C)C. The summed E-state index contributed by atoms with van der Waals surface area (Å²) in [6.07, 6.45) is 0.647. The molecule has 8 atom stereocenters. The summed E-state index contributed by atoms with van der Waals surface area (Å²) < 4.78 is 0. The molecule has 0 aliphatic heterocycles. The second-order valence-electron chi connectivity index (χ2n) is 48.9. The van der Waals surface area contributed by atoms with Gasteiger partial charge in [-0.05, 0) is 62.5 Å². The van der Waals surface area contributed by atoms with Crippen molar-refractivity contribution in [2.45, 2.75) is 406 Å². The van der Waals surface area contributed by atoms with Gasteiger partial charge in [-0.3, -0.25) is 67.1 Å². The molecule has 0 saturated carbocycles. The first-order valence-electron chi connectivity index (χ1n) is 44.9. The van der Waals surface area contributed by atoms with Crippen LogP contribution < -0.4 is 37.2 Å². The van der Waals surface area contributed by atoms with Gasteiger partial charge in [0.05, 0.1) is 42.9 Å². The van der Waals surface area contributed by atoms with Crippen molar-refractivity contribution >= 4 is 81.8 Å². The molecule has 0 aromatic heterocycles. The number of amides is 7. The molecule has 23 heteroatoms. The van der Waals surface area contributed by atoms with Crippen molar-refractivity contribution < 1.29 is 77.3 Å². The Hall–Kier alpha value is -7.66. The maximum absolute atomic E-state index is 12.6. The van der Waals surface area contributed by atoms with Crippen molar-refractivity contribution in [1.82, 2.24) is 37.2 Å². The van der Waals surface area contributed by atoms with Gasteiger partial charge in [0, 0.05) is 75.8 Å². The van der Waals surface area contributed by atoms with Crippen LogP contribution in [-0.2, 0) is 80.0 Å². The van der Waals surface area contributed by atoms with E-state index >= 15 is 0 Å². The zero-order chi connectivity index (χ0) is 102. The van der Waals surface area contributed by atoms with E-state index in [2.05, 4.69) is 64.9 Å². The monoisotopic (exact) mass is 1770 g/mol. The Morgan fingerprint density at radius 3 is 0.587 bits per heavy atom. The minimum Gasteiger partial charge on any atom is -0.391 e. The van der Waals surface area contributed by atoms with E-state index in [1.807, 2.05) is 268 Å². The van der Waals surface area contributed by atoms with Crippen LogP contribution in [0.5, 0.6) is 0 Å². The summed E-state index contributed by atoms with van der Waals surface area (Å²) in [7, 11) is 0. The summed E-state index contributed by atoms with van der Waals surface area (Å²) in [5.74, 6) is -0.0698. The molecule has 2 rings (SSSR count). The standard InChI is InChI=1S/2C18H27NO2.2C15H29NO2.2C13H25NO3.C11H21NO2/c2*1-17(2,3)15(20)14(19-16(21)18(4,5)6)12-13-10-8-7-9-11-13;2*1-10(2)9-11(12(17)14(3,4)5)16-13(18)15(6,7)8;2*1-8(15)9(10(16)12(2,3)4)14-11(17)13(5,6)7;1-10(2,3)8(13)7-12-9(14)11(4,5)6/h2*7-11,14H,12H2,1-6H3,(H,19,21);2*10-11H,9H2,1-8H3,(H,16,18);2*8-9,15H,1-7H3,(H,14,17);7H2,1-6H3,(H,12,14)/t2*14-;2*11-;2*8?,9-;/m101010./s1. The van der Waals surface area contributed by atoms with Crippen molar-refractivity contribution in [3.8, 4) is 0 Å². The summed E-state index contributed by atoms with van der Waals surface area (Å²) in [6.45, 7) is 88.6. The van der Waals surface area contributed by atoms with E-state index in [4.69, 9.17) is 0 Å². The average molecular weight is 1780 g/mol. The zero-order valence-corrected chi connectivity index (χ0v) is 88.2. The first-order chi connectivity index (χ1) is 55.5. The quantitative estimate of drug-likeness (QED) is 0.0471. The molecular weight excluding hydrogens is 1590 g/mol. The van der Waals surface area contributed by atoms with Crippen molar-refractivity contribution in [2.24, 2.45) is 87.6 Å². The van der Waals surface area contributed by atoms with Gasteiger partial charge in [0.15, 0.2) is 40.5 Å². The summed E-state index contributed by atoms with van der Waals surface area (Å²) in [5.41, 5.74) is -4.81. The highest BCUT2D eigenvalue weighted by molar-refractivity contribution is 5.98. The molecule has 9 N–H and O–H groups in total. The largest absolute Gasteiger partial charge is 0.391 e. The molecule has 126 heavy (non-hydrogen) atoms. The number of Topliss-reactive ketones (excluding diaryl/α,β-unsaturated/α-hetero) is 7. The number of aliphatic hydroxyl groups excluding tert-OH is 2. The molecule has 7 amide bonds. The van der Waals surface area contributed by atoms with Crippen molar-refractivity contribution in [3.63, 3.8) is 0 Å². The molecule has 0 heterocycles. The van der Waals surface area contributed by atoms with Crippen molar-refractivity contribution in [1.29, 1.82) is 0 Å². The highest BCUT2D eigenvalue weighted by Gasteiger charge is 2.41. The summed E-state index contributed by atoms with van der Waals surface area (Å²) in [5, 5.41) is 38.8. The Morgan fingerprint density at radius 1 is 0.238 bits per heavy atom. The summed E-state index contributed by atoms with van der Waals surface area (Å²) >= 11 is 0. The predicted molar refractivity (Wildman–Crippen MR) is 515 cm³/mol. The molecule has 2 aromatic rings. The average Bonchev–Trinajstić information content (AvgIpc) is 0.875. The van der Waals surface area contributed by atoms with Crippen LogP contribution in [0.15, 0.2) is 60.7 Å².